The quantitative estimate of drug-likeness (QED) is 0.937. The van der Waals surface area contributed by atoms with Gasteiger partial charge in [-0.25, -0.2) is 0 Å². The summed E-state index contributed by atoms with van der Waals surface area (Å²) in [6.45, 7) is 0. The lowest BCUT2D eigenvalue weighted by molar-refractivity contribution is 0.0979. The van der Waals surface area contributed by atoms with Gasteiger partial charge in [0.25, 0.3) is 0 Å². The minimum Gasteiger partial charge on any atom is -0.492 e. The van der Waals surface area contributed by atoms with Crippen LogP contribution in [0.2, 0.25) is 0 Å². The van der Waals surface area contributed by atoms with E-state index in [9.17, 15) is 0 Å². The fraction of sp³-hybridized carbons (Fsp3) is 0.562. The molecule has 5 nitrogen and oxygen atoms in total. The van der Waals surface area contributed by atoms with Crippen LogP contribution in [-0.4, -0.2) is 48.4 Å². The molecule has 0 bridgehead atoms. The van der Waals surface area contributed by atoms with Crippen LogP contribution < -0.4 is 9.47 Å². The Balaban J connectivity index is 0.00000176. The highest BCUT2D eigenvalue weighted by Crippen LogP contribution is 2.36. The number of H-pyrrole nitrogens is 1. The summed E-state index contributed by atoms with van der Waals surface area (Å²) in [6.07, 6.45) is 6.68. The highest BCUT2D eigenvalue weighted by molar-refractivity contribution is 5.87. The smallest absolute Gasteiger partial charge is 0.171 e. The maximum atomic E-state index is 6.24. The van der Waals surface area contributed by atoms with Crippen LogP contribution in [0.3, 0.4) is 0 Å². The SMILES string of the molecule is COc1c(OC2CCCC(N(C)C)C2)ccc2[nH]ncc12.Cl. The van der Waals surface area contributed by atoms with Gasteiger partial charge in [0.15, 0.2) is 11.5 Å². The Morgan fingerprint density at radius 2 is 2.09 bits per heavy atom. The second kappa shape index (κ2) is 7.20. The van der Waals surface area contributed by atoms with Crippen LogP contribution in [0.4, 0.5) is 0 Å². The van der Waals surface area contributed by atoms with Gasteiger partial charge >= 0.3 is 0 Å². The van der Waals surface area contributed by atoms with Gasteiger partial charge < -0.3 is 14.4 Å². The minimum atomic E-state index is 0. The zero-order chi connectivity index (χ0) is 14.8. The second-order valence-corrected chi connectivity index (χ2v) is 5.95. The molecule has 0 aliphatic heterocycles. The number of ether oxygens (including phenoxy) is 2. The van der Waals surface area contributed by atoms with Crippen molar-refractivity contribution >= 4 is 23.3 Å². The molecule has 0 radical (unpaired) electrons. The summed E-state index contributed by atoms with van der Waals surface area (Å²) < 4.78 is 11.8. The van der Waals surface area contributed by atoms with E-state index < -0.39 is 0 Å². The van der Waals surface area contributed by atoms with Crippen molar-refractivity contribution in [1.29, 1.82) is 0 Å². The lowest BCUT2D eigenvalue weighted by atomic mass is 9.92. The number of hydrogen-bond donors (Lipinski definition) is 1. The predicted octanol–water partition coefficient (Wildman–Crippen LogP) is 3.24. The molecule has 1 heterocycles. The summed E-state index contributed by atoms with van der Waals surface area (Å²) >= 11 is 0. The molecule has 1 fully saturated rings. The molecular formula is C16H24ClN3O2. The van der Waals surface area contributed by atoms with Gasteiger partial charge in [-0.05, 0) is 51.9 Å². The maximum absolute atomic E-state index is 6.24. The molecule has 122 valence electrons. The van der Waals surface area contributed by atoms with Gasteiger partial charge in [-0.1, -0.05) is 0 Å². The van der Waals surface area contributed by atoms with Crippen molar-refractivity contribution in [1.82, 2.24) is 15.1 Å². The summed E-state index contributed by atoms with van der Waals surface area (Å²) in [5.74, 6) is 1.59. The number of benzene rings is 1. The third-order valence-electron chi connectivity index (χ3n) is 4.37. The van der Waals surface area contributed by atoms with Crippen LogP contribution in [0.5, 0.6) is 11.5 Å². The van der Waals surface area contributed by atoms with E-state index in [1.807, 2.05) is 12.1 Å². The number of methoxy groups -OCH3 is 1. The normalized spacial score (nSPS) is 21.6. The van der Waals surface area contributed by atoms with Crippen molar-refractivity contribution in [3.63, 3.8) is 0 Å². The minimum absolute atomic E-state index is 0. The molecular weight excluding hydrogens is 302 g/mol. The van der Waals surface area contributed by atoms with Gasteiger partial charge in [0, 0.05) is 6.04 Å². The van der Waals surface area contributed by atoms with Crippen LogP contribution >= 0.6 is 12.4 Å². The van der Waals surface area contributed by atoms with E-state index in [4.69, 9.17) is 9.47 Å². The maximum Gasteiger partial charge on any atom is 0.171 e. The molecule has 3 rings (SSSR count). The van der Waals surface area contributed by atoms with Gasteiger partial charge in [0.2, 0.25) is 0 Å². The van der Waals surface area contributed by atoms with Gasteiger partial charge in [0.05, 0.1) is 24.2 Å². The first-order valence-electron chi connectivity index (χ1n) is 7.52. The molecule has 1 aromatic heterocycles. The average molecular weight is 326 g/mol. The summed E-state index contributed by atoms with van der Waals surface area (Å²) in [5.41, 5.74) is 0.967. The van der Waals surface area contributed by atoms with Crippen molar-refractivity contribution in [2.45, 2.75) is 37.8 Å². The molecule has 1 aliphatic rings. The standard InChI is InChI=1S/C16H23N3O2.ClH/c1-19(2)11-5-4-6-12(9-11)21-15-8-7-14-13(10-17-18-14)16(15)20-3;/h7-8,10-12H,4-6,9H2,1-3H3,(H,17,18);1H. The first-order valence-corrected chi connectivity index (χ1v) is 7.52. The highest BCUT2D eigenvalue weighted by atomic mass is 35.5. The van der Waals surface area contributed by atoms with Gasteiger partial charge in [-0.2, -0.15) is 5.10 Å². The van der Waals surface area contributed by atoms with Crippen molar-refractivity contribution in [2.24, 2.45) is 0 Å². The van der Waals surface area contributed by atoms with Crippen LogP contribution in [0, 0.1) is 0 Å². The monoisotopic (exact) mass is 325 g/mol. The molecule has 1 saturated carbocycles. The molecule has 1 aromatic carbocycles. The van der Waals surface area contributed by atoms with E-state index in [1.165, 1.54) is 12.8 Å². The lowest BCUT2D eigenvalue weighted by Gasteiger charge is -2.33. The molecule has 2 atom stereocenters. The summed E-state index contributed by atoms with van der Waals surface area (Å²) in [4.78, 5) is 2.30. The highest BCUT2D eigenvalue weighted by Gasteiger charge is 2.25. The zero-order valence-corrected chi connectivity index (χ0v) is 14.2. The number of rotatable bonds is 4. The first-order chi connectivity index (χ1) is 10.2. The summed E-state index contributed by atoms with van der Waals surface area (Å²) in [5, 5.41) is 7.99. The number of aromatic amines is 1. The van der Waals surface area contributed by atoms with E-state index in [1.54, 1.807) is 13.3 Å². The molecule has 0 spiro atoms. The Morgan fingerprint density at radius 1 is 1.27 bits per heavy atom. The molecule has 0 saturated heterocycles. The average Bonchev–Trinajstić information content (AvgIpc) is 2.96. The Kier molecular flexibility index (Phi) is 5.53. The summed E-state index contributed by atoms with van der Waals surface area (Å²) in [7, 11) is 5.97. The van der Waals surface area contributed by atoms with Gasteiger partial charge in [-0.15, -0.1) is 12.4 Å². The van der Waals surface area contributed by atoms with Crippen LogP contribution in [-0.2, 0) is 0 Å². The lowest BCUT2D eigenvalue weighted by Crippen LogP contribution is -2.37. The van der Waals surface area contributed by atoms with E-state index in [0.29, 0.717) is 6.04 Å². The Morgan fingerprint density at radius 3 is 2.82 bits per heavy atom. The topological polar surface area (TPSA) is 50.4 Å². The number of nitrogens with one attached hydrogen (secondary N) is 1. The molecule has 0 amide bonds. The number of hydrogen-bond acceptors (Lipinski definition) is 4. The molecule has 6 heteroatoms. The second-order valence-electron chi connectivity index (χ2n) is 5.95. The van der Waals surface area contributed by atoms with Crippen molar-refractivity contribution in [3.8, 4) is 11.5 Å². The van der Waals surface area contributed by atoms with Crippen molar-refractivity contribution in [3.05, 3.63) is 18.3 Å². The molecule has 2 unspecified atom stereocenters. The van der Waals surface area contributed by atoms with E-state index in [-0.39, 0.29) is 18.5 Å². The molecule has 1 aliphatic carbocycles. The third-order valence-corrected chi connectivity index (χ3v) is 4.37. The predicted molar refractivity (Wildman–Crippen MR) is 90.3 cm³/mol. The number of aromatic nitrogens is 2. The fourth-order valence-electron chi connectivity index (χ4n) is 3.15. The van der Waals surface area contributed by atoms with Gasteiger partial charge in [-0.3, -0.25) is 5.10 Å². The van der Waals surface area contributed by atoms with E-state index in [2.05, 4.69) is 29.2 Å². The Hall–Kier alpha value is -1.46. The number of fused-ring (bicyclic) bond motifs is 1. The number of halogens is 1. The zero-order valence-electron chi connectivity index (χ0n) is 13.3. The summed E-state index contributed by atoms with van der Waals surface area (Å²) in [6, 6.07) is 4.57. The first kappa shape index (κ1) is 16.9. The fourth-order valence-corrected chi connectivity index (χ4v) is 3.15. The Labute approximate surface area is 137 Å². The molecule has 1 N–H and O–H groups in total. The van der Waals surface area contributed by atoms with Crippen molar-refractivity contribution < 1.29 is 9.47 Å². The van der Waals surface area contributed by atoms with Crippen LogP contribution in [0.15, 0.2) is 18.3 Å². The van der Waals surface area contributed by atoms with Crippen LogP contribution in [0.25, 0.3) is 10.9 Å². The van der Waals surface area contributed by atoms with E-state index >= 15 is 0 Å². The largest absolute Gasteiger partial charge is 0.492 e. The number of nitrogens with zero attached hydrogens (tertiary/aromatic N) is 2. The van der Waals surface area contributed by atoms with Crippen LogP contribution in [0.1, 0.15) is 25.7 Å². The molecule has 22 heavy (non-hydrogen) atoms. The third kappa shape index (κ3) is 3.31. The Bertz CT molecular complexity index is 614. The van der Waals surface area contributed by atoms with E-state index in [0.717, 1.165) is 35.2 Å². The van der Waals surface area contributed by atoms with Crippen molar-refractivity contribution in [2.75, 3.05) is 21.2 Å². The van der Waals surface area contributed by atoms with Gasteiger partial charge in [0.1, 0.15) is 6.10 Å². The molecule has 2 aromatic rings.